The number of hydrogen-bond donors (Lipinski definition) is 1. The molecule has 1 atom stereocenters. The fraction of sp³-hybridized carbons (Fsp3) is 0.125. The second-order valence-electron chi connectivity index (χ2n) is 4.28. The molecule has 0 bridgehead atoms. The molecule has 100 valence electrons. The van der Waals surface area contributed by atoms with Gasteiger partial charge in [0.1, 0.15) is 11.7 Å². The van der Waals surface area contributed by atoms with E-state index in [9.17, 15) is 9.18 Å². The van der Waals surface area contributed by atoms with Crippen LogP contribution in [0.4, 0.5) is 4.39 Å². The molecule has 1 N–H and O–H groups in total. The smallest absolute Gasteiger partial charge is 0.242 e. The Morgan fingerprint density at radius 1 is 1.15 bits per heavy atom. The Kier molecular flexibility index (Phi) is 4.46. The fourth-order valence-electron chi connectivity index (χ4n) is 1.86. The van der Waals surface area contributed by atoms with E-state index in [2.05, 4.69) is 5.32 Å². The second kappa shape index (κ2) is 6.48. The van der Waals surface area contributed by atoms with Gasteiger partial charge < -0.3 is 5.32 Å². The van der Waals surface area contributed by atoms with E-state index < -0.39 is 11.8 Å². The monoisotopic (exact) mass is 268 g/mol. The van der Waals surface area contributed by atoms with E-state index in [4.69, 9.17) is 5.26 Å². The number of hydrogen-bond acceptors (Lipinski definition) is 2. The highest BCUT2D eigenvalue weighted by atomic mass is 19.1. The minimum absolute atomic E-state index is 0.0660. The Morgan fingerprint density at radius 2 is 1.80 bits per heavy atom. The SMILES string of the molecule is N#CC(C(=O)NCc1ccccc1F)c1ccccc1. The molecule has 0 heterocycles. The maximum atomic E-state index is 13.4. The predicted octanol–water partition coefficient (Wildman–Crippen LogP) is 2.75. The standard InChI is InChI=1S/C16H13FN2O/c17-15-9-5-4-8-13(15)11-19-16(20)14(10-18)12-6-2-1-3-7-12/h1-9,14H,11H2,(H,19,20). The van der Waals surface area contributed by atoms with Gasteiger partial charge in [0.25, 0.3) is 0 Å². The molecular weight excluding hydrogens is 255 g/mol. The van der Waals surface area contributed by atoms with Gasteiger partial charge in [-0.2, -0.15) is 5.26 Å². The van der Waals surface area contributed by atoms with Crippen LogP contribution in [0.25, 0.3) is 0 Å². The first-order valence-electron chi connectivity index (χ1n) is 6.18. The summed E-state index contributed by atoms with van der Waals surface area (Å²) in [7, 11) is 0. The Hall–Kier alpha value is -2.67. The Labute approximate surface area is 116 Å². The van der Waals surface area contributed by atoms with Crippen molar-refractivity contribution in [2.24, 2.45) is 0 Å². The van der Waals surface area contributed by atoms with E-state index in [-0.39, 0.29) is 12.4 Å². The molecule has 0 aromatic heterocycles. The molecule has 3 nitrogen and oxygen atoms in total. The average Bonchev–Trinajstić information content (AvgIpc) is 2.48. The molecule has 0 aliphatic heterocycles. The average molecular weight is 268 g/mol. The number of benzene rings is 2. The largest absolute Gasteiger partial charge is 0.350 e. The maximum absolute atomic E-state index is 13.4. The summed E-state index contributed by atoms with van der Waals surface area (Å²) in [6.07, 6.45) is 0. The van der Waals surface area contributed by atoms with Crippen LogP contribution in [0.1, 0.15) is 17.0 Å². The van der Waals surface area contributed by atoms with E-state index in [1.54, 1.807) is 42.5 Å². The molecule has 0 saturated heterocycles. The van der Waals surface area contributed by atoms with Crippen molar-refractivity contribution < 1.29 is 9.18 Å². The summed E-state index contributed by atoms with van der Waals surface area (Å²) in [5.41, 5.74) is 1.02. The summed E-state index contributed by atoms with van der Waals surface area (Å²) >= 11 is 0. The summed E-state index contributed by atoms with van der Waals surface area (Å²) in [5, 5.41) is 11.7. The number of amides is 1. The highest BCUT2D eigenvalue weighted by Gasteiger charge is 2.19. The normalized spacial score (nSPS) is 11.4. The van der Waals surface area contributed by atoms with Crippen LogP contribution in [0.3, 0.4) is 0 Å². The van der Waals surface area contributed by atoms with Crippen molar-refractivity contribution in [3.63, 3.8) is 0 Å². The third kappa shape index (κ3) is 3.21. The first-order chi connectivity index (χ1) is 9.72. The van der Waals surface area contributed by atoms with Crippen molar-refractivity contribution in [3.05, 3.63) is 71.5 Å². The van der Waals surface area contributed by atoms with Gasteiger partial charge in [0, 0.05) is 12.1 Å². The topological polar surface area (TPSA) is 52.9 Å². The number of carbonyl (C=O) groups excluding carboxylic acids is 1. The van der Waals surface area contributed by atoms with Crippen LogP contribution < -0.4 is 5.32 Å². The Morgan fingerprint density at radius 3 is 2.45 bits per heavy atom. The Bertz CT molecular complexity index is 634. The van der Waals surface area contributed by atoms with Gasteiger partial charge in [0.2, 0.25) is 5.91 Å². The highest BCUT2D eigenvalue weighted by Crippen LogP contribution is 2.15. The zero-order valence-corrected chi connectivity index (χ0v) is 10.7. The summed E-state index contributed by atoms with van der Waals surface area (Å²) < 4.78 is 13.4. The molecule has 0 aliphatic carbocycles. The van der Waals surface area contributed by atoms with Gasteiger partial charge in [-0.3, -0.25) is 4.79 Å². The minimum Gasteiger partial charge on any atom is -0.350 e. The predicted molar refractivity (Wildman–Crippen MR) is 73.0 cm³/mol. The number of nitrogens with one attached hydrogen (secondary N) is 1. The summed E-state index contributed by atoms with van der Waals surface area (Å²) in [6.45, 7) is 0.0660. The first kappa shape index (κ1) is 13.8. The van der Waals surface area contributed by atoms with Crippen molar-refractivity contribution in [1.29, 1.82) is 5.26 Å². The molecule has 2 rings (SSSR count). The lowest BCUT2D eigenvalue weighted by molar-refractivity contribution is -0.121. The number of rotatable bonds is 4. The zero-order chi connectivity index (χ0) is 14.4. The van der Waals surface area contributed by atoms with Gasteiger partial charge in [0.15, 0.2) is 0 Å². The molecule has 1 amide bonds. The van der Waals surface area contributed by atoms with Gasteiger partial charge >= 0.3 is 0 Å². The molecule has 0 fully saturated rings. The molecule has 0 spiro atoms. The molecule has 0 radical (unpaired) electrons. The first-order valence-corrected chi connectivity index (χ1v) is 6.18. The van der Waals surface area contributed by atoms with Crippen molar-refractivity contribution in [1.82, 2.24) is 5.32 Å². The lowest BCUT2D eigenvalue weighted by Crippen LogP contribution is -2.28. The van der Waals surface area contributed by atoms with Crippen molar-refractivity contribution in [3.8, 4) is 6.07 Å². The van der Waals surface area contributed by atoms with E-state index >= 15 is 0 Å². The van der Waals surface area contributed by atoms with E-state index in [0.717, 1.165) is 0 Å². The molecule has 1 unspecified atom stereocenters. The van der Waals surface area contributed by atoms with Crippen molar-refractivity contribution >= 4 is 5.91 Å². The summed E-state index contributed by atoms with van der Waals surface area (Å²) in [5.74, 6) is -1.69. The number of halogens is 1. The maximum Gasteiger partial charge on any atom is 0.242 e. The molecule has 20 heavy (non-hydrogen) atoms. The van der Waals surface area contributed by atoms with E-state index in [1.165, 1.54) is 6.07 Å². The van der Waals surface area contributed by atoms with Crippen LogP contribution in [-0.4, -0.2) is 5.91 Å². The quantitative estimate of drug-likeness (QED) is 0.927. The van der Waals surface area contributed by atoms with Gasteiger partial charge in [0.05, 0.1) is 6.07 Å². The minimum atomic E-state index is -0.886. The third-order valence-corrected chi connectivity index (χ3v) is 2.94. The van der Waals surface area contributed by atoms with Crippen LogP contribution in [0.5, 0.6) is 0 Å². The third-order valence-electron chi connectivity index (χ3n) is 2.94. The highest BCUT2D eigenvalue weighted by molar-refractivity contribution is 5.86. The molecular formula is C16H13FN2O. The molecule has 2 aromatic carbocycles. The van der Waals surface area contributed by atoms with Crippen LogP contribution in [0.15, 0.2) is 54.6 Å². The number of nitrogens with zero attached hydrogens (tertiary/aromatic N) is 1. The van der Waals surface area contributed by atoms with Crippen LogP contribution >= 0.6 is 0 Å². The van der Waals surface area contributed by atoms with Crippen molar-refractivity contribution in [2.45, 2.75) is 12.5 Å². The number of carbonyl (C=O) groups is 1. The number of nitriles is 1. The van der Waals surface area contributed by atoms with E-state index in [0.29, 0.717) is 11.1 Å². The summed E-state index contributed by atoms with van der Waals surface area (Å²) in [6, 6.07) is 17.0. The van der Waals surface area contributed by atoms with Crippen molar-refractivity contribution in [2.75, 3.05) is 0 Å². The van der Waals surface area contributed by atoms with Crippen LogP contribution in [0, 0.1) is 17.1 Å². The van der Waals surface area contributed by atoms with Gasteiger partial charge in [-0.25, -0.2) is 4.39 Å². The zero-order valence-electron chi connectivity index (χ0n) is 10.7. The molecule has 0 saturated carbocycles. The van der Waals surface area contributed by atoms with Gasteiger partial charge in [-0.1, -0.05) is 48.5 Å². The van der Waals surface area contributed by atoms with Gasteiger partial charge in [-0.05, 0) is 11.6 Å². The molecule has 2 aromatic rings. The van der Waals surface area contributed by atoms with Gasteiger partial charge in [-0.15, -0.1) is 0 Å². The molecule has 4 heteroatoms. The molecule has 0 aliphatic rings. The van der Waals surface area contributed by atoms with Crippen LogP contribution in [0.2, 0.25) is 0 Å². The lowest BCUT2D eigenvalue weighted by Gasteiger charge is -2.11. The summed E-state index contributed by atoms with van der Waals surface area (Å²) in [4.78, 5) is 12.0. The fourth-order valence-corrected chi connectivity index (χ4v) is 1.86. The van der Waals surface area contributed by atoms with E-state index in [1.807, 2.05) is 12.1 Å². The van der Waals surface area contributed by atoms with Crippen LogP contribution in [-0.2, 0) is 11.3 Å². The lowest BCUT2D eigenvalue weighted by atomic mass is 10.00. The Balaban J connectivity index is 2.05. The second-order valence-corrected chi connectivity index (χ2v) is 4.28.